The second-order valence-electron chi connectivity index (χ2n) is 6.73. The smallest absolute Gasteiger partial charge is 0.282 e. The van der Waals surface area contributed by atoms with Gasteiger partial charge < -0.3 is 0 Å². The van der Waals surface area contributed by atoms with Gasteiger partial charge in [0.1, 0.15) is 4.90 Å². The van der Waals surface area contributed by atoms with E-state index in [1.54, 1.807) is 30.3 Å². The SMILES string of the molecule is Cc1ccc2c(-c3ccc(S(=O)(=O)O)cc3S(=O)(=O)O)c3ccc(Br)cc3[o+]c2c1. The van der Waals surface area contributed by atoms with Crippen LogP contribution in [0.4, 0.5) is 0 Å². The Bertz CT molecular complexity index is 1500. The summed E-state index contributed by atoms with van der Waals surface area (Å²) in [5.41, 5.74) is 2.37. The van der Waals surface area contributed by atoms with Crippen LogP contribution in [0, 0.1) is 6.92 Å². The predicted octanol–water partition coefficient (Wildman–Crippen LogP) is 5.10. The first kappa shape index (κ1) is 20.9. The zero-order valence-corrected chi connectivity index (χ0v) is 18.5. The van der Waals surface area contributed by atoms with Gasteiger partial charge in [-0.2, -0.15) is 16.8 Å². The molecule has 0 saturated heterocycles. The third kappa shape index (κ3) is 3.72. The van der Waals surface area contributed by atoms with E-state index >= 15 is 0 Å². The molecule has 0 bridgehead atoms. The number of hydrogen-bond acceptors (Lipinski definition) is 4. The molecule has 0 spiro atoms. The molecule has 7 nitrogen and oxygen atoms in total. The van der Waals surface area contributed by atoms with E-state index in [9.17, 15) is 25.9 Å². The van der Waals surface area contributed by atoms with E-state index in [0.717, 1.165) is 22.2 Å². The van der Waals surface area contributed by atoms with Gasteiger partial charge >= 0.3 is 11.2 Å². The van der Waals surface area contributed by atoms with Crippen molar-refractivity contribution in [2.45, 2.75) is 16.7 Å². The van der Waals surface area contributed by atoms with E-state index in [1.165, 1.54) is 6.07 Å². The van der Waals surface area contributed by atoms with Crippen molar-refractivity contribution in [3.63, 3.8) is 0 Å². The Morgan fingerprint density at radius 2 is 1.43 bits per heavy atom. The molecule has 0 radical (unpaired) electrons. The second-order valence-corrected chi connectivity index (χ2v) is 10.5. The van der Waals surface area contributed by atoms with E-state index in [4.69, 9.17) is 4.42 Å². The fourth-order valence-electron chi connectivity index (χ4n) is 3.34. The maximum atomic E-state index is 12.1. The van der Waals surface area contributed by atoms with Crippen LogP contribution in [0.1, 0.15) is 5.56 Å². The molecule has 0 aliphatic heterocycles. The Labute approximate surface area is 180 Å². The van der Waals surface area contributed by atoms with Gasteiger partial charge in [0.15, 0.2) is 0 Å². The molecule has 0 aliphatic rings. The Kier molecular flexibility index (Phi) is 4.94. The lowest BCUT2D eigenvalue weighted by Gasteiger charge is -2.11. The first-order chi connectivity index (χ1) is 13.9. The summed E-state index contributed by atoms with van der Waals surface area (Å²) in [5, 5.41) is 1.12. The van der Waals surface area contributed by atoms with Gasteiger partial charge in [0.25, 0.3) is 20.2 Å². The minimum atomic E-state index is -4.83. The Morgan fingerprint density at radius 1 is 0.800 bits per heavy atom. The highest BCUT2D eigenvalue weighted by Crippen LogP contribution is 2.40. The summed E-state index contributed by atoms with van der Waals surface area (Å²) in [6, 6.07) is 13.6. The van der Waals surface area contributed by atoms with Gasteiger partial charge in [-0.05, 0) is 42.8 Å². The van der Waals surface area contributed by atoms with Crippen molar-refractivity contribution in [3.8, 4) is 11.1 Å². The highest BCUT2D eigenvalue weighted by atomic mass is 79.9. The van der Waals surface area contributed by atoms with Gasteiger partial charge in [-0.3, -0.25) is 9.11 Å². The highest BCUT2D eigenvalue weighted by Gasteiger charge is 2.27. The Balaban J connectivity index is 2.23. The number of halogens is 1. The summed E-state index contributed by atoms with van der Waals surface area (Å²) < 4.78 is 73.2. The third-order valence-corrected chi connectivity index (χ3v) is 6.87. The van der Waals surface area contributed by atoms with Crippen molar-refractivity contribution in [3.05, 3.63) is 64.6 Å². The van der Waals surface area contributed by atoms with E-state index < -0.39 is 30.0 Å². The van der Waals surface area contributed by atoms with Crippen molar-refractivity contribution < 1.29 is 30.4 Å². The minimum absolute atomic E-state index is 0.0712. The summed E-state index contributed by atoms with van der Waals surface area (Å²) in [6.45, 7) is 1.88. The summed E-state index contributed by atoms with van der Waals surface area (Å²) in [7, 11) is -9.51. The zero-order valence-electron chi connectivity index (χ0n) is 15.3. The molecule has 30 heavy (non-hydrogen) atoms. The summed E-state index contributed by atoms with van der Waals surface area (Å²) >= 11 is 3.38. The maximum Gasteiger partial charge on any atom is 0.362 e. The third-order valence-electron chi connectivity index (χ3n) is 4.64. The van der Waals surface area contributed by atoms with E-state index in [1.807, 2.05) is 13.0 Å². The van der Waals surface area contributed by atoms with Crippen LogP contribution in [0.5, 0.6) is 0 Å². The number of aryl methyl sites for hydroxylation is 1. The van der Waals surface area contributed by atoms with Crippen LogP contribution in [0.15, 0.2) is 73.3 Å². The van der Waals surface area contributed by atoms with Crippen molar-refractivity contribution in [2.75, 3.05) is 0 Å². The van der Waals surface area contributed by atoms with Gasteiger partial charge in [-0.15, -0.1) is 0 Å². The van der Waals surface area contributed by atoms with Crippen molar-refractivity contribution >= 4 is 58.1 Å². The normalized spacial score (nSPS) is 12.5. The minimum Gasteiger partial charge on any atom is -0.282 e. The molecule has 3 aromatic carbocycles. The van der Waals surface area contributed by atoms with Crippen LogP contribution >= 0.6 is 15.9 Å². The molecule has 1 aromatic heterocycles. The largest absolute Gasteiger partial charge is 0.362 e. The summed E-state index contributed by atoms with van der Waals surface area (Å²) in [5.74, 6) is 0. The monoisotopic (exact) mass is 509 g/mol. The standard InChI is InChI=1S/C20H13BrO7S2/c1-11-2-5-14-17(8-11)28-18-9-12(21)3-6-15(18)20(14)16-7-4-13(29(22,23)24)10-19(16)30(25,26)27/h2-10H,1H3,(H-,22,23,24,25,26,27)/p+1. The lowest BCUT2D eigenvalue weighted by atomic mass is 9.96. The molecule has 0 fully saturated rings. The molecule has 0 unspecified atom stereocenters. The average Bonchev–Trinajstić information content (AvgIpc) is 2.64. The topological polar surface area (TPSA) is 120 Å². The van der Waals surface area contributed by atoms with E-state index in [-0.39, 0.29) is 5.56 Å². The first-order valence-electron chi connectivity index (χ1n) is 8.50. The van der Waals surface area contributed by atoms with Crippen molar-refractivity contribution in [1.29, 1.82) is 0 Å². The molecule has 4 aromatic rings. The van der Waals surface area contributed by atoms with Gasteiger partial charge in [-0.25, -0.2) is 4.42 Å². The van der Waals surface area contributed by atoms with Crippen LogP contribution in [0.25, 0.3) is 33.1 Å². The van der Waals surface area contributed by atoms with Crippen LogP contribution in [0.3, 0.4) is 0 Å². The molecular weight excluding hydrogens is 496 g/mol. The van der Waals surface area contributed by atoms with Crippen LogP contribution in [-0.4, -0.2) is 25.9 Å². The van der Waals surface area contributed by atoms with Gasteiger partial charge in [0, 0.05) is 21.7 Å². The fraction of sp³-hybridized carbons (Fsp3) is 0.0500. The van der Waals surface area contributed by atoms with Crippen molar-refractivity contribution in [1.82, 2.24) is 0 Å². The molecule has 1 heterocycles. The zero-order chi connectivity index (χ0) is 21.8. The lowest BCUT2D eigenvalue weighted by molar-refractivity contribution is 0.481. The molecule has 10 heteroatoms. The average molecular weight is 510 g/mol. The Morgan fingerprint density at radius 3 is 2.07 bits per heavy atom. The number of rotatable bonds is 3. The quantitative estimate of drug-likeness (QED) is 0.224. The van der Waals surface area contributed by atoms with Crippen LogP contribution in [-0.2, 0) is 20.2 Å². The van der Waals surface area contributed by atoms with E-state index in [2.05, 4.69) is 15.9 Å². The van der Waals surface area contributed by atoms with E-state index in [0.29, 0.717) is 27.5 Å². The van der Waals surface area contributed by atoms with Gasteiger partial charge in [0.05, 0.1) is 21.7 Å². The molecule has 0 atom stereocenters. The summed E-state index contributed by atoms with van der Waals surface area (Å²) in [6.07, 6.45) is 0. The van der Waals surface area contributed by atoms with Crippen LogP contribution < -0.4 is 0 Å². The number of hydrogen-bond donors (Lipinski definition) is 2. The lowest BCUT2D eigenvalue weighted by Crippen LogP contribution is -2.05. The number of fused-ring (bicyclic) bond motifs is 2. The molecule has 2 N–H and O–H groups in total. The first-order valence-corrected chi connectivity index (χ1v) is 12.2. The molecule has 4 rings (SSSR count). The second kappa shape index (κ2) is 7.10. The molecule has 154 valence electrons. The summed E-state index contributed by atoms with van der Waals surface area (Å²) in [4.78, 5) is -1.29. The molecule has 0 saturated carbocycles. The Hall–Kier alpha value is -2.37. The van der Waals surface area contributed by atoms with Crippen LogP contribution in [0.2, 0.25) is 0 Å². The van der Waals surface area contributed by atoms with Gasteiger partial charge in [0.2, 0.25) is 0 Å². The van der Waals surface area contributed by atoms with Gasteiger partial charge in [-0.1, -0.05) is 28.1 Å². The molecular formula is C20H14BrO7S2+. The predicted molar refractivity (Wildman–Crippen MR) is 116 cm³/mol. The number of benzene rings is 3. The maximum absolute atomic E-state index is 12.1. The van der Waals surface area contributed by atoms with Crippen molar-refractivity contribution in [2.24, 2.45) is 0 Å². The molecule has 0 aliphatic carbocycles. The highest BCUT2D eigenvalue weighted by molar-refractivity contribution is 9.10. The molecule has 0 amide bonds. The fourth-order valence-corrected chi connectivity index (χ4v) is 4.99.